The van der Waals surface area contributed by atoms with Gasteiger partial charge in [-0.15, -0.1) is 0 Å². The molecular weight excluding hydrogens is 540 g/mol. The van der Waals surface area contributed by atoms with Gasteiger partial charge in [0.25, 0.3) is 11.8 Å². The van der Waals surface area contributed by atoms with E-state index >= 15 is 0 Å². The third-order valence-corrected chi connectivity index (χ3v) is 9.47. The van der Waals surface area contributed by atoms with Crippen molar-refractivity contribution in [3.8, 4) is 0 Å². The summed E-state index contributed by atoms with van der Waals surface area (Å²) in [6.07, 6.45) is 7.76. The average Bonchev–Trinajstić information content (AvgIpc) is 3.23. The van der Waals surface area contributed by atoms with Crippen molar-refractivity contribution in [1.82, 2.24) is 40.0 Å². The zero-order chi connectivity index (χ0) is 29.5. The second-order valence-electron chi connectivity index (χ2n) is 12.6. The number of urea groups is 2. The van der Waals surface area contributed by atoms with Gasteiger partial charge in [0.15, 0.2) is 36.3 Å². The van der Waals surface area contributed by atoms with E-state index in [1.807, 2.05) is 0 Å². The minimum Gasteiger partial charge on any atom is -0.343 e. The predicted octanol–water partition coefficient (Wildman–Crippen LogP) is 0.470. The van der Waals surface area contributed by atoms with Crippen LogP contribution in [-0.2, 0) is 9.59 Å². The van der Waals surface area contributed by atoms with Gasteiger partial charge in [0.2, 0.25) is 0 Å². The van der Waals surface area contributed by atoms with Crippen molar-refractivity contribution in [1.29, 1.82) is 0 Å². The molecule has 0 aromatic carbocycles. The lowest BCUT2D eigenvalue weighted by Crippen LogP contribution is -2.66. The number of likely N-dealkylation sites (tertiary alicyclic amines) is 2. The van der Waals surface area contributed by atoms with Crippen LogP contribution in [0.25, 0.3) is 0 Å². The summed E-state index contributed by atoms with van der Waals surface area (Å²) in [6.45, 7) is 6.61. The number of fused-ring (bicyclic) bond motifs is 2. The molecule has 6 amide bonds. The van der Waals surface area contributed by atoms with E-state index in [1.165, 1.54) is 35.5 Å². The minimum absolute atomic E-state index is 0.00308. The largest absolute Gasteiger partial charge is 0.343 e. The molecule has 4 saturated heterocycles. The van der Waals surface area contributed by atoms with E-state index in [0.717, 1.165) is 63.8 Å². The highest BCUT2D eigenvalue weighted by Crippen LogP contribution is 2.30. The van der Waals surface area contributed by atoms with Crippen LogP contribution in [0, 0.1) is 5.92 Å². The third-order valence-electron chi connectivity index (χ3n) is 9.47. The van der Waals surface area contributed by atoms with Crippen LogP contribution >= 0.6 is 0 Å². The van der Waals surface area contributed by atoms with Gasteiger partial charge in [-0.2, -0.15) is 0 Å². The second-order valence-corrected chi connectivity index (χ2v) is 12.6. The number of nitrogens with one attached hydrogen (secondary N) is 2. The Morgan fingerprint density at radius 2 is 1.00 bits per heavy atom. The molecule has 4 atom stereocenters. The quantitative estimate of drug-likeness (QED) is 0.487. The summed E-state index contributed by atoms with van der Waals surface area (Å²) in [7, 11) is 3.37. The van der Waals surface area contributed by atoms with Crippen molar-refractivity contribution < 1.29 is 19.2 Å². The zero-order valence-electron chi connectivity index (χ0n) is 25.0. The molecule has 0 spiro atoms. The van der Waals surface area contributed by atoms with Gasteiger partial charge in [0.05, 0.1) is 0 Å². The smallest absolute Gasteiger partial charge is 0.325 e. The molecule has 2 N–H and O–H groups in total. The third kappa shape index (κ3) is 5.13. The second kappa shape index (κ2) is 11.6. The molecule has 0 aromatic heterocycles. The Kier molecular flexibility index (Phi) is 7.88. The first-order valence-corrected chi connectivity index (χ1v) is 15.6. The lowest BCUT2D eigenvalue weighted by Gasteiger charge is -2.41. The lowest BCUT2D eigenvalue weighted by atomic mass is 10.0. The Morgan fingerprint density at radius 1 is 0.643 bits per heavy atom. The Bertz CT molecular complexity index is 1070. The summed E-state index contributed by atoms with van der Waals surface area (Å²) in [6, 6.07) is -2.09. The molecule has 14 heteroatoms. The molecule has 0 saturated carbocycles. The fourth-order valence-electron chi connectivity index (χ4n) is 7.21. The highest BCUT2D eigenvalue weighted by atomic mass is 16.2. The van der Waals surface area contributed by atoms with Crippen LogP contribution in [-0.4, -0.2) is 143 Å². The molecular formula is C28H44N10O4. The molecule has 0 radical (unpaired) electrons. The van der Waals surface area contributed by atoms with Gasteiger partial charge in [0.1, 0.15) is 0 Å². The van der Waals surface area contributed by atoms with Gasteiger partial charge in [-0.05, 0) is 31.6 Å². The van der Waals surface area contributed by atoms with E-state index in [4.69, 9.17) is 9.98 Å². The summed E-state index contributed by atoms with van der Waals surface area (Å²) >= 11 is 0. The number of hydrogen-bond donors (Lipinski definition) is 2. The van der Waals surface area contributed by atoms with Gasteiger partial charge in [-0.3, -0.25) is 20.2 Å². The maximum absolute atomic E-state index is 13.2. The first-order chi connectivity index (χ1) is 20.2. The molecule has 4 fully saturated rings. The van der Waals surface area contributed by atoms with Gasteiger partial charge >= 0.3 is 12.1 Å². The predicted molar refractivity (Wildman–Crippen MR) is 155 cm³/mol. The number of guanidine groups is 2. The Hall–Kier alpha value is -3.58. The Balaban J connectivity index is 1.26. The SMILES string of the molecule is CC(CN1C(N2CCCCCC2)=NC2C1C(=O)NC(=O)N2C)CN1C(N2CCCCCC2)=NC2C1C(=O)NC(=O)N2C. The van der Waals surface area contributed by atoms with Gasteiger partial charge in [-0.25, -0.2) is 19.6 Å². The average molecular weight is 585 g/mol. The lowest BCUT2D eigenvalue weighted by molar-refractivity contribution is -0.127. The number of carbonyl (C=O) groups is 4. The summed E-state index contributed by atoms with van der Waals surface area (Å²) in [5, 5.41) is 5.02. The van der Waals surface area contributed by atoms with Crippen LogP contribution in [0.3, 0.4) is 0 Å². The summed E-state index contributed by atoms with van der Waals surface area (Å²) in [5.74, 6) is 0.893. The highest BCUT2D eigenvalue weighted by molar-refractivity contribution is 6.04. The van der Waals surface area contributed by atoms with Gasteiger partial charge in [-0.1, -0.05) is 32.6 Å². The molecule has 42 heavy (non-hydrogen) atoms. The number of hydrogen-bond acceptors (Lipinski definition) is 10. The first kappa shape index (κ1) is 28.5. The van der Waals surface area contributed by atoms with E-state index in [2.05, 4.69) is 37.2 Å². The van der Waals surface area contributed by atoms with E-state index in [-0.39, 0.29) is 17.7 Å². The maximum Gasteiger partial charge on any atom is 0.325 e. The molecule has 230 valence electrons. The molecule has 4 unspecified atom stereocenters. The van der Waals surface area contributed by atoms with Gasteiger partial charge in [0, 0.05) is 53.4 Å². The topological polar surface area (TPSA) is 136 Å². The summed E-state index contributed by atoms with van der Waals surface area (Å²) in [4.78, 5) is 73.1. The Morgan fingerprint density at radius 3 is 1.36 bits per heavy atom. The zero-order valence-corrected chi connectivity index (χ0v) is 25.0. The van der Waals surface area contributed by atoms with Crippen LogP contribution in [0.2, 0.25) is 0 Å². The first-order valence-electron chi connectivity index (χ1n) is 15.6. The van der Waals surface area contributed by atoms with Crippen molar-refractivity contribution in [2.45, 2.75) is 82.7 Å². The molecule has 0 aromatic rings. The van der Waals surface area contributed by atoms with Gasteiger partial charge < -0.3 is 29.4 Å². The summed E-state index contributed by atoms with van der Waals surface area (Å²) < 4.78 is 0. The fraction of sp³-hybridized carbons (Fsp3) is 0.786. The normalized spacial score (nSPS) is 31.2. The minimum atomic E-state index is -0.611. The monoisotopic (exact) mass is 584 g/mol. The highest BCUT2D eigenvalue weighted by Gasteiger charge is 2.52. The number of imide groups is 2. The molecule has 6 aliphatic heterocycles. The van der Waals surface area contributed by atoms with Crippen LogP contribution in [0.1, 0.15) is 58.3 Å². The molecule has 0 aliphatic carbocycles. The standard InChI is InChI=1S/C28H44N10O4/c1-18(16-37-19-21(33(2)27(41)31-23(19)39)29-25(37)35-12-8-4-5-9-13-35)17-38-20-22(34(3)28(42)32-24(20)40)30-26(38)36-14-10-6-7-11-15-36/h18-22H,4-17H2,1-3H3,(H,31,39,41)(H,32,40,42). The van der Waals surface area contributed by atoms with E-state index in [0.29, 0.717) is 13.1 Å². The number of aliphatic imine (C=N–C) groups is 2. The number of rotatable bonds is 4. The van der Waals surface area contributed by atoms with E-state index < -0.39 is 36.5 Å². The van der Waals surface area contributed by atoms with Crippen LogP contribution in [0.5, 0.6) is 0 Å². The number of nitrogens with zero attached hydrogens (tertiary/aromatic N) is 8. The number of carbonyl (C=O) groups excluding carboxylic acids is 4. The van der Waals surface area contributed by atoms with Crippen LogP contribution in [0.4, 0.5) is 9.59 Å². The fourth-order valence-corrected chi connectivity index (χ4v) is 7.21. The van der Waals surface area contributed by atoms with Crippen molar-refractivity contribution in [3.05, 3.63) is 0 Å². The molecule has 6 rings (SSSR count). The maximum atomic E-state index is 13.2. The number of likely N-dealkylation sites (N-methyl/N-ethyl adjacent to an activating group) is 2. The molecule has 0 bridgehead atoms. The molecule has 6 aliphatic rings. The molecule has 6 heterocycles. The van der Waals surface area contributed by atoms with Crippen molar-refractivity contribution in [3.63, 3.8) is 0 Å². The summed E-state index contributed by atoms with van der Waals surface area (Å²) in [5.41, 5.74) is 0. The number of amides is 6. The van der Waals surface area contributed by atoms with Crippen LogP contribution in [0.15, 0.2) is 9.98 Å². The van der Waals surface area contributed by atoms with E-state index in [1.54, 1.807) is 14.1 Å². The van der Waals surface area contributed by atoms with Crippen molar-refractivity contribution in [2.75, 3.05) is 53.4 Å². The van der Waals surface area contributed by atoms with Crippen molar-refractivity contribution in [2.24, 2.45) is 15.9 Å². The van der Waals surface area contributed by atoms with Crippen LogP contribution < -0.4 is 10.6 Å². The van der Waals surface area contributed by atoms with Crippen molar-refractivity contribution >= 4 is 35.8 Å². The van der Waals surface area contributed by atoms with E-state index in [9.17, 15) is 19.2 Å². The Labute approximate surface area is 247 Å². The molecule has 14 nitrogen and oxygen atoms in total.